The van der Waals surface area contributed by atoms with Gasteiger partial charge in [-0.3, -0.25) is 29.4 Å². The quantitative estimate of drug-likeness (QED) is 0.384. The van der Waals surface area contributed by atoms with Crippen LogP contribution >= 0.6 is 24.8 Å². The number of nitrogens with two attached hydrogens (primary N) is 2. The van der Waals surface area contributed by atoms with Gasteiger partial charge in [-0.2, -0.15) is 0 Å². The Morgan fingerprint density at radius 1 is 0.648 bits per heavy atom. The Labute approximate surface area is 332 Å². The largest absolute Gasteiger partial charge is 0.380 e. The van der Waals surface area contributed by atoms with Gasteiger partial charge in [0, 0.05) is 102 Å². The van der Waals surface area contributed by atoms with Crippen LogP contribution in [0.15, 0.2) is 36.7 Å². The summed E-state index contributed by atoms with van der Waals surface area (Å²) in [5.74, 6) is 0.658. The molecule has 4 aliphatic heterocycles. The first-order valence-corrected chi connectivity index (χ1v) is 19.6. The van der Waals surface area contributed by atoms with E-state index in [1.807, 2.05) is 38.5 Å². The molecule has 2 aromatic heterocycles. The molecule has 4 unspecified atom stereocenters. The lowest BCUT2D eigenvalue weighted by Crippen LogP contribution is -2.61. The van der Waals surface area contributed by atoms with E-state index in [4.69, 9.17) is 30.4 Å². The predicted molar refractivity (Wildman–Crippen MR) is 210 cm³/mol. The van der Waals surface area contributed by atoms with Crippen molar-refractivity contribution in [2.75, 3.05) is 66.8 Å². The van der Waals surface area contributed by atoms with Gasteiger partial charge in [-0.1, -0.05) is 12.8 Å². The normalized spacial score (nSPS) is 33.9. The van der Waals surface area contributed by atoms with Crippen LogP contribution in [0.2, 0.25) is 0 Å². The Kier molecular flexibility index (Phi) is 14.8. The van der Waals surface area contributed by atoms with E-state index in [0.29, 0.717) is 47.1 Å². The summed E-state index contributed by atoms with van der Waals surface area (Å²) >= 11 is 0. The maximum Gasteiger partial charge on any atom is 0.267 e. The number of hydrogen-bond donors (Lipinski definition) is 2. The SMILES string of the molecule is COC1(c2ccnc(C(N)=O)c2)C2CCCC1CN([C@@H]1CCCOC1)C2.COC1(c2ccnc(C(N)=O)c2)C2CCCC1CN([C@H]1CCCOC1)C2.Cl.Cl. The molecule has 6 atom stereocenters. The zero-order valence-electron chi connectivity index (χ0n) is 31.9. The van der Waals surface area contributed by atoms with Gasteiger partial charge in [0.2, 0.25) is 0 Å². The molecule has 6 aliphatic rings. The van der Waals surface area contributed by atoms with E-state index in [1.165, 1.54) is 25.7 Å². The van der Waals surface area contributed by atoms with Crippen molar-refractivity contribution in [3.63, 3.8) is 0 Å². The summed E-state index contributed by atoms with van der Waals surface area (Å²) in [6.45, 7) is 7.57. The number of likely N-dealkylation sites (tertiary alicyclic amines) is 2. The van der Waals surface area contributed by atoms with Gasteiger partial charge < -0.3 is 30.4 Å². The number of halogens is 2. The van der Waals surface area contributed by atoms with Crippen LogP contribution in [0.3, 0.4) is 0 Å². The van der Waals surface area contributed by atoms with Crippen LogP contribution in [-0.4, -0.2) is 110 Å². The monoisotopic (exact) mass is 790 g/mol. The highest BCUT2D eigenvalue weighted by Gasteiger charge is 2.55. The van der Waals surface area contributed by atoms with Gasteiger partial charge in [-0.25, -0.2) is 0 Å². The highest BCUT2D eigenvalue weighted by atomic mass is 35.5. The molecule has 300 valence electrons. The minimum absolute atomic E-state index is 0. The molecule has 8 rings (SSSR count). The molecular weight excluding hydrogens is 731 g/mol. The lowest BCUT2D eigenvalue weighted by atomic mass is 9.62. The molecule has 12 nitrogen and oxygen atoms in total. The average molecular weight is 792 g/mol. The summed E-state index contributed by atoms with van der Waals surface area (Å²) in [5, 5.41) is 0. The van der Waals surface area contributed by atoms with Crippen molar-refractivity contribution in [1.29, 1.82) is 0 Å². The van der Waals surface area contributed by atoms with Crippen molar-refractivity contribution < 1.29 is 28.5 Å². The molecule has 54 heavy (non-hydrogen) atoms. The van der Waals surface area contributed by atoms with E-state index in [2.05, 4.69) is 19.8 Å². The molecule has 4 saturated heterocycles. The average Bonchev–Trinajstić information content (AvgIpc) is 3.17. The van der Waals surface area contributed by atoms with Crippen molar-refractivity contribution in [3.8, 4) is 0 Å². The van der Waals surface area contributed by atoms with Crippen LogP contribution in [0.5, 0.6) is 0 Å². The molecule has 2 aromatic rings. The van der Waals surface area contributed by atoms with E-state index >= 15 is 0 Å². The molecule has 2 saturated carbocycles. The summed E-state index contributed by atoms with van der Waals surface area (Å²) in [5.41, 5.74) is 13.0. The van der Waals surface area contributed by atoms with Crippen molar-refractivity contribution in [2.24, 2.45) is 35.1 Å². The number of piperidine rings is 2. The van der Waals surface area contributed by atoms with E-state index in [9.17, 15) is 9.59 Å². The minimum Gasteiger partial charge on any atom is -0.380 e. The first-order chi connectivity index (χ1) is 25.3. The van der Waals surface area contributed by atoms with E-state index < -0.39 is 11.8 Å². The molecule has 6 fully saturated rings. The molecule has 2 amide bonds. The summed E-state index contributed by atoms with van der Waals surface area (Å²) in [6, 6.07) is 8.74. The Hall–Kier alpha value is -2.42. The molecule has 0 radical (unpaired) electrons. The number of hydrogen-bond acceptors (Lipinski definition) is 10. The fourth-order valence-electron chi connectivity index (χ4n) is 11.0. The first kappa shape index (κ1) is 42.7. The maximum atomic E-state index is 11.6. The molecule has 0 aromatic carbocycles. The topological polar surface area (TPSA) is 155 Å². The van der Waals surface area contributed by atoms with Gasteiger partial charge in [-0.05, 0) is 86.8 Å². The number of amides is 2. The fourth-order valence-corrected chi connectivity index (χ4v) is 11.0. The van der Waals surface area contributed by atoms with Crippen molar-refractivity contribution in [1.82, 2.24) is 19.8 Å². The summed E-state index contributed by atoms with van der Waals surface area (Å²) < 4.78 is 24.0. The first-order valence-electron chi connectivity index (χ1n) is 19.6. The number of primary amides is 2. The maximum absolute atomic E-state index is 11.6. The molecule has 0 spiro atoms. The number of pyridine rings is 2. The Morgan fingerprint density at radius 3 is 1.31 bits per heavy atom. The summed E-state index contributed by atoms with van der Waals surface area (Å²) in [4.78, 5) is 36.8. The Balaban J connectivity index is 0.000000200. The third-order valence-corrected chi connectivity index (χ3v) is 13.4. The van der Waals surface area contributed by atoms with Crippen LogP contribution in [0.4, 0.5) is 0 Å². The van der Waals surface area contributed by atoms with Gasteiger partial charge in [-0.15, -0.1) is 24.8 Å². The molecule has 14 heteroatoms. The van der Waals surface area contributed by atoms with Crippen molar-refractivity contribution in [2.45, 2.75) is 87.5 Å². The second-order valence-electron chi connectivity index (χ2n) is 15.9. The second kappa shape index (κ2) is 18.7. The van der Waals surface area contributed by atoms with Gasteiger partial charge >= 0.3 is 0 Å². The number of methoxy groups -OCH3 is 2. The van der Waals surface area contributed by atoms with E-state index in [1.54, 1.807) is 12.4 Å². The number of fused-ring (bicyclic) bond motifs is 4. The lowest BCUT2D eigenvalue weighted by molar-refractivity contribution is -0.179. The van der Waals surface area contributed by atoms with Gasteiger partial charge in [0.25, 0.3) is 11.8 Å². The number of rotatable bonds is 8. The smallest absolute Gasteiger partial charge is 0.267 e. The number of ether oxygens (including phenoxy) is 4. The van der Waals surface area contributed by atoms with E-state index in [-0.39, 0.29) is 36.0 Å². The molecular formula is C40H60Cl2N6O6. The number of carbonyl (C=O) groups excluding carboxylic acids is 2. The lowest BCUT2D eigenvalue weighted by Gasteiger charge is -2.57. The van der Waals surface area contributed by atoms with Crippen molar-refractivity contribution >= 4 is 36.6 Å². The van der Waals surface area contributed by atoms with Crippen LogP contribution in [0, 0.1) is 23.7 Å². The van der Waals surface area contributed by atoms with Gasteiger partial charge in [0.15, 0.2) is 0 Å². The zero-order valence-corrected chi connectivity index (χ0v) is 33.5. The Bertz CT molecular complexity index is 1420. The predicted octanol–water partition coefficient (Wildman–Crippen LogP) is 4.71. The summed E-state index contributed by atoms with van der Waals surface area (Å²) in [7, 11) is 3.63. The molecule has 2 aliphatic carbocycles. The molecule has 4 bridgehead atoms. The number of carbonyl (C=O) groups is 2. The van der Waals surface area contributed by atoms with Crippen molar-refractivity contribution in [3.05, 3.63) is 59.2 Å². The number of nitrogens with zero attached hydrogens (tertiary/aromatic N) is 4. The Morgan fingerprint density at radius 2 is 1.02 bits per heavy atom. The highest BCUT2D eigenvalue weighted by molar-refractivity contribution is 5.91. The molecule has 6 heterocycles. The zero-order chi connectivity index (χ0) is 36.3. The number of aromatic nitrogens is 2. The minimum atomic E-state index is -0.486. The fraction of sp³-hybridized carbons (Fsp3) is 0.700. The van der Waals surface area contributed by atoms with Gasteiger partial charge in [0.05, 0.1) is 13.2 Å². The van der Waals surface area contributed by atoms with Gasteiger partial charge in [0.1, 0.15) is 22.6 Å². The van der Waals surface area contributed by atoms with Crippen LogP contribution in [0.1, 0.15) is 96.3 Å². The molecule has 4 N–H and O–H groups in total. The third kappa shape index (κ3) is 8.18. The van der Waals surface area contributed by atoms with Crippen LogP contribution < -0.4 is 11.5 Å². The van der Waals surface area contributed by atoms with E-state index in [0.717, 1.165) is 102 Å². The second-order valence-corrected chi connectivity index (χ2v) is 15.9. The third-order valence-electron chi connectivity index (χ3n) is 13.4. The highest BCUT2D eigenvalue weighted by Crippen LogP contribution is 2.53. The standard InChI is InChI=1S/2C20H29N3O3.2ClH/c2*1-25-20(14-7-8-22-18(10-14)19(21)24)15-4-2-5-16(20)12-23(11-15)17-6-3-9-26-13-17;;/h2*7-8,10,15-17H,2-6,9,11-13H2,1H3,(H2,21,24);2*1H/t2*15?,16?,17-,20?;;/m10../s1. The summed E-state index contributed by atoms with van der Waals surface area (Å²) in [6.07, 6.45) is 15.2. The van der Waals surface area contributed by atoms with Crippen LogP contribution in [-0.2, 0) is 30.1 Å². The van der Waals surface area contributed by atoms with Crippen LogP contribution in [0.25, 0.3) is 0 Å².